The third-order valence-corrected chi connectivity index (χ3v) is 7.06. The Morgan fingerprint density at radius 3 is 2.83 bits per heavy atom. The third kappa shape index (κ3) is 3.71. The average Bonchev–Trinajstić information content (AvgIpc) is 3.33. The zero-order valence-corrected chi connectivity index (χ0v) is 19.4. The van der Waals surface area contributed by atoms with E-state index < -0.39 is 37.7 Å². The number of hydrogen-bond donors (Lipinski definition) is 0. The smallest absolute Gasteiger partial charge is 0.387 e. The number of hydrogen-bond acceptors (Lipinski definition) is 4. The van der Waals surface area contributed by atoms with Crippen molar-refractivity contribution in [2.75, 3.05) is 26.6 Å². The van der Waals surface area contributed by atoms with Gasteiger partial charge < -0.3 is 14.2 Å². The normalized spacial score (nSPS) is 23.6. The van der Waals surface area contributed by atoms with Crippen LogP contribution in [0.5, 0.6) is 5.75 Å². The van der Waals surface area contributed by atoms with Gasteiger partial charge in [0.1, 0.15) is 17.7 Å². The van der Waals surface area contributed by atoms with E-state index in [1.807, 2.05) is 28.5 Å². The predicted octanol–water partition coefficient (Wildman–Crippen LogP) is 4.40. The van der Waals surface area contributed by atoms with Crippen molar-refractivity contribution in [2.45, 2.75) is 38.2 Å². The maximum atomic E-state index is 13.5. The molecule has 6 nitrogen and oxygen atoms in total. The summed E-state index contributed by atoms with van der Waals surface area (Å²) in [6, 6.07) is 8.07. The van der Waals surface area contributed by atoms with Crippen molar-refractivity contribution in [3.8, 4) is 17.6 Å². The van der Waals surface area contributed by atoms with Crippen molar-refractivity contribution in [1.82, 2.24) is 19.4 Å². The van der Waals surface area contributed by atoms with Crippen LogP contribution in [0.2, 0.25) is 0 Å². The lowest BCUT2D eigenvalue weighted by molar-refractivity contribution is -0.0507. The second kappa shape index (κ2) is 8.56. The zero-order chi connectivity index (χ0) is 27.6. The fourth-order valence-corrected chi connectivity index (χ4v) is 5.48. The highest BCUT2D eigenvalue weighted by Crippen LogP contribution is 2.49. The van der Waals surface area contributed by atoms with Gasteiger partial charge in [0, 0.05) is 59.8 Å². The van der Waals surface area contributed by atoms with Crippen LogP contribution in [0.15, 0.2) is 36.4 Å². The Labute approximate surface area is 210 Å². The lowest BCUT2D eigenvalue weighted by Crippen LogP contribution is -2.49. The average molecular weight is 498 g/mol. The highest BCUT2D eigenvalue weighted by Gasteiger charge is 2.45. The van der Waals surface area contributed by atoms with Gasteiger partial charge in [0.15, 0.2) is 0 Å². The van der Waals surface area contributed by atoms with Gasteiger partial charge in [0.2, 0.25) is 0 Å². The Morgan fingerprint density at radius 1 is 1.25 bits per heavy atom. The van der Waals surface area contributed by atoms with Gasteiger partial charge in [-0.1, -0.05) is 24.8 Å². The van der Waals surface area contributed by atoms with Gasteiger partial charge in [0.05, 0.1) is 23.1 Å². The number of nitrogens with zero attached hydrogens (tertiary/aromatic N) is 4. The van der Waals surface area contributed by atoms with Crippen LogP contribution in [0.1, 0.15) is 56.8 Å². The van der Waals surface area contributed by atoms with Crippen LogP contribution in [-0.4, -0.2) is 64.7 Å². The summed E-state index contributed by atoms with van der Waals surface area (Å²) < 4.78 is 70.8. The number of benzene rings is 2. The summed E-state index contributed by atoms with van der Waals surface area (Å²) in [6.07, 6.45) is -0.620. The monoisotopic (exact) mass is 497 g/mol. The number of halogens is 3. The van der Waals surface area contributed by atoms with E-state index in [2.05, 4.69) is 16.8 Å². The molecule has 0 saturated carbocycles. The molecular weight excluding hydrogens is 469 g/mol. The Balaban J connectivity index is 1.46. The number of aromatic nitrogens is 2. The van der Waals surface area contributed by atoms with Gasteiger partial charge in [0.25, 0.3) is 5.91 Å². The summed E-state index contributed by atoms with van der Waals surface area (Å²) >= 11 is 0. The maximum Gasteiger partial charge on any atom is 0.387 e. The van der Waals surface area contributed by atoms with Gasteiger partial charge >= 0.3 is 6.61 Å². The van der Waals surface area contributed by atoms with E-state index >= 15 is 0 Å². The summed E-state index contributed by atoms with van der Waals surface area (Å²) in [7, 11) is 0. The van der Waals surface area contributed by atoms with E-state index in [-0.39, 0.29) is 29.2 Å². The van der Waals surface area contributed by atoms with Crippen molar-refractivity contribution in [3.05, 3.63) is 58.9 Å². The molecule has 186 valence electrons. The number of ether oxygens (including phenoxy) is 1. The van der Waals surface area contributed by atoms with E-state index in [1.165, 1.54) is 18.2 Å². The highest BCUT2D eigenvalue weighted by molar-refractivity contribution is 5.97. The molecule has 9 heteroatoms. The summed E-state index contributed by atoms with van der Waals surface area (Å²) in [6.45, 7) is -2.41. The van der Waals surface area contributed by atoms with E-state index in [1.54, 1.807) is 6.07 Å². The second-order valence-electron chi connectivity index (χ2n) is 9.57. The fourth-order valence-electron chi connectivity index (χ4n) is 5.48. The van der Waals surface area contributed by atoms with Gasteiger partial charge in [-0.15, -0.1) is 0 Å². The number of rotatable bonds is 4. The number of alkyl halides is 3. The summed E-state index contributed by atoms with van der Waals surface area (Å²) in [5.41, 5.74) is 2.14. The quantitative estimate of drug-likeness (QED) is 0.502. The van der Waals surface area contributed by atoms with E-state index in [0.717, 1.165) is 4.90 Å². The number of likely N-dealkylation sites (tertiary alicyclic amines) is 1. The van der Waals surface area contributed by atoms with Crippen LogP contribution < -0.4 is 4.74 Å². The van der Waals surface area contributed by atoms with E-state index in [9.17, 15) is 18.0 Å². The summed E-state index contributed by atoms with van der Waals surface area (Å²) in [5.74, 6) is 5.80. The predicted molar refractivity (Wildman–Crippen MR) is 128 cm³/mol. The maximum absolute atomic E-state index is 13.5. The molecule has 3 aliphatic rings. The molecule has 0 N–H and O–H groups in total. The van der Waals surface area contributed by atoms with Crippen LogP contribution in [0, 0.1) is 17.8 Å². The van der Waals surface area contributed by atoms with Gasteiger partial charge in [-0.3, -0.25) is 9.69 Å². The lowest BCUT2D eigenvalue weighted by Gasteiger charge is -2.35. The molecule has 3 aromatic rings. The molecular formula is C27H25F3N4O2. The van der Waals surface area contributed by atoms with Gasteiger partial charge in [-0.05, 0) is 30.3 Å². The minimum atomic E-state index is -3.12. The summed E-state index contributed by atoms with van der Waals surface area (Å²) in [4.78, 5) is 21.0. The summed E-state index contributed by atoms with van der Waals surface area (Å²) in [5, 5.41) is 0. The topological polar surface area (TPSA) is 50.6 Å². The van der Waals surface area contributed by atoms with Crippen molar-refractivity contribution >= 4 is 16.9 Å². The van der Waals surface area contributed by atoms with Gasteiger partial charge in [-0.25, -0.2) is 9.37 Å². The molecule has 1 saturated heterocycles. The minimum Gasteiger partial charge on any atom is -0.434 e. The van der Waals surface area contributed by atoms with Crippen molar-refractivity contribution in [1.29, 1.82) is 0 Å². The highest BCUT2D eigenvalue weighted by atomic mass is 19.3. The molecule has 1 aromatic heterocycles. The molecule has 4 heterocycles. The van der Waals surface area contributed by atoms with E-state index in [0.29, 0.717) is 42.1 Å². The van der Waals surface area contributed by atoms with Crippen LogP contribution in [0.4, 0.5) is 13.2 Å². The van der Waals surface area contributed by atoms with Gasteiger partial charge in [-0.2, -0.15) is 8.78 Å². The molecule has 1 amide bonds. The first-order valence-corrected chi connectivity index (χ1v) is 11.8. The van der Waals surface area contributed by atoms with Crippen molar-refractivity contribution in [3.63, 3.8) is 0 Å². The molecule has 1 unspecified atom stereocenters. The number of carbonyl (C=O) groups excluding carboxylic acids is 1. The standard InChI is InChI=1S/C27H25F3N4O2/c1-15(12-33-13-17(28)14-33)6-7-16-8-9-19-20(10-16)34-21-11-22(25(34)31-19)32(2)26(35)18-4-3-5-23(24(18)21)36-27(29)30/h3-5,8-10,15,17,21-22,27H,11-14H2,1-2H3/t15?,21-,22-/m1/s1/i2D3. The molecule has 6 rings (SSSR count). The molecule has 0 aliphatic carbocycles. The molecule has 2 aromatic carbocycles. The zero-order valence-electron chi connectivity index (χ0n) is 22.4. The lowest BCUT2D eigenvalue weighted by atomic mass is 9.97. The molecule has 3 atom stereocenters. The van der Waals surface area contributed by atoms with E-state index in [4.69, 9.17) is 8.85 Å². The molecule has 36 heavy (non-hydrogen) atoms. The Bertz CT molecular complexity index is 1520. The second-order valence-corrected chi connectivity index (χ2v) is 9.57. The van der Waals surface area contributed by atoms with Crippen LogP contribution >= 0.6 is 0 Å². The van der Waals surface area contributed by atoms with Crippen LogP contribution in [0.3, 0.4) is 0 Å². The van der Waals surface area contributed by atoms with Crippen molar-refractivity contribution in [2.24, 2.45) is 5.92 Å². The van der Waals surface area contributed by atoms with Crippen molar-refractivity contribution < 1.29 is 26.8 Å². The number of amides is 1. The first-order chi connectivity index (χ1) is 18.5. The molecule has 0 spiro atoms. The Kier molecular flexibility index (Phi) is 4.67. The minimum absolute atomic E-state index is 0.00978. The fraction of sp³-hybridized carbons (Fsp3) is 0.407. The SMILES string of the molecule is [2H]C([2H])([2H])N1C(=O)c2cccc(OC(F)F)c2[C@H]2C[C@@H]1c1nc3ccc(C#CC(C)CN4CC(F)C4)cc3n12. The number of carbonyl (C=O) groups is 1. The van der Waals surface area contributed by atoms with Crippen LogP contribution in [-0.2, 0) is 0 Å². The number of imidazole rings is 1. The largest absolute Gasteiger partial charge is 0.434 e. The Morgan fingerprint density at radius 2 is 2.08 bits per heavy atom. The molecule has 3 aliphatic heterocycles. The Hall–Kier alpha value is -3.51. The first-order valence-electron chi connectivity index (χ1n) is 13.3. The third-order valence-electron chi connectivity index (χ3n) is 7.06. The van der Waals surface area contributed by atoms with Crippen LogP contribution in [0.25, 0.3) is 11.0 Å². The molecule has 1 fully saturated rings. The first kappa shape index (κ1) is 19.7. The molecule has 0 radical (unpaired) electrons. The number of fused-ring (bicyclic) bond motifs is 9. The molecule has 2 bridgehead atoms.